The Morgan fingerprint density at radius 3 is 2.90 bits per heavy atom. The van der Waals surface area contributed by atoms with Gasteiger partial charge in [-0.15, -0.1) is 0 Å². The van der Waals surface area contributed by atoms with Gasteiger partial charge in [0, 0.05) is 6.07 Å². The Balaban J connectivity index is 1.89. The summed E-state index contributed by atoms with van der Waals surface area (Å²) in [4.78, 5) is 21.5. The Morgan fingerprint density at radius 1 is 1.52 bits per heavy atom. The molecule has 2 aromatic rings. The van der Waals surface area contributed by atoms with Gasteiger partial charge in [0.05, 0.1) is 22.9 Å². The van der Waals surface area contributed by atoms with Crippen molar-refractivity contribution in [2.45, 2.75) is 13.0 Å². The van der Waals surface area contributed by atoms with Crippen LogP contribution in [0.3, 0.4) is 0 Å². The maximum Gasteiger partial charge on any atom is 0.313 e. The first-order valence-electron chi connectivity index (χ1n) is 5.78. The molecule has 0 aliphatic rings. The lowest BCUT2D eigenvalue weighted by Gasteiger charge is -2.05. The van der Waals surface area contributed by atoms with Crippen molar-refractivity contribution in [2.24, 2.45) is 0 Å². The number of esters is 1. The van der Waals surface area contributed by atoms with Crippen molar-refractivity contribution in [3.8, 4) is 5.75 Å². The van der Waals surface area contributed by atoms with E-state index in [1.165, 1.54) is 23.0 Å². The highest BCUT2D eigenvalue weighted by atomic mass is 35.5. The molecular weight excluding hydrogens is 305 g/mol. The molecule has 0 atom stereocenters. The molecule has 2 rings (SSSR count). The molecule has 0 bridgehead atoms. The molecule has 7 nitrogen and oxygen atoms in total. The topological polar surface area (TPSA) is 87.3 Å². The van der Waals surface area contributed by atoms with E-state index in [1.54, 1.807) is 0 Å². The van der Waals surface area contributed by atoms with E-state index in [-0.39, 0.29) is 29.4 Å². The molecule has 0 saturated carbocycles. The van der Waals surface area contributed by atoms with E-state index in [0.717, 1.165) is 12.3 Å². The summed E-state index contributed by atoms with van der Waals surface area (Å²) in [7, 11) is 0. The minimum absolute atomic E-state index is 0.0478. The van der Waals surface area contributed by atoms with Crippen molar-refractivity contribution in [3.63, 3.8) is 0 Å². The molecule has 0 saturated heterocycles. The van der Waals surface area contributed by atoms with Crippen LogP contribution in [0.5, 0.6) is 5.75 Å². The number of aryl methyl sites for hydroxylation is 1. The Bertz CT molecular complexity index is 689. The van der Waals surface area contributed by atoms with Crippen LogP contribution in [-0.4, -0.2) is 20.7 Å². The van der Waals surface area contributed by atoms with E-state index >= 15 is 0 Å². The number of ether oxygens (including phenoxy) is 1. The molecule has 0 spiro atoms. The number of nitro groups is 1. The van der Waals surface area contributed by atoms with Crippen LogP contribution in [-0.2, 0) is 11.3 Å². The first-order valence-corrected chi connectivity index (χ1v) is 6.16. The molecule has 0 amide bonds. The third-order valence-corrected chi connectivity index (χ3v) is 2.79. The van der Waals surface area contributed by atoms with Crippen molar-refractivity contribution >= 4 is 23.3 Å². The summed E-state index contributed by atoms with van der Waals surface area (Å²) < 4.78 is 19.2. The molecule has 21 heavy (non-hydrogen) atoms. The van der Waals surface area contributed by atoms with Crippen molar-refractivity contribution in [1.29, 1.82) is 0 Å². The van der Waals surface area contributed by atoms with Crippen molar-refractivity contribution in [3.05, 3.63) is 51.5 Å². The maximum absolute atomic E-state index is 12.9. The Labute approximate surface area is 123 Å². The smallest absolute Gasteiger partial charge is 0.313 e. The summed E-state index contributed by atoms with van der Waals surface area (Å²) >= 11 is 5.56. The summed E-state index contributed by atoms with van der Waals surface area (Å²) in [5.74, 6) is -1.08. The fourth-order valence-electron chi connectivity index (χ4n) is 1.50. The molecule has 9 heteroatoms. The number of rotatable bonds is 5. The predicted octanol–water partition coefficient (Wildman–Crippen LogP) is 2.58. The van der Waals surface area contributed by atoms with Gasteiger partial charge < -0.3 is 4.74 Å². The van der Waals surface area contributed by atoms with Gasteiger partial charge in [0.2, 0.25) is 0 Å². The zero-order valence-corrected chi connectivity index (χ0v) is 11.3. The number of carbonyl (C=O) groups is 1. The number of halogens is 2. The first-order chi connectivity index (χ1) is 9.95. The van der Waals surface area contributed by atoms with E-state index < -0.39 is 16.7 Å². The van der Waals surface area contributed by atoms with E-state index in [2.05, 4.69) is 5.10 Å². The van der Waals surface area contributed by atoms with Gasteiger partial charge in [-0.25, -0.2) is 4.39 Å². The van der Waals surface area contributed by atoms with Gasteiger partial charge in [-0.3, -0.25) is 19.6 Å². The van der Waals surface area contributed by atoms with Gasteiger partial charge in [0.15, 0.2) is 0 Å². The molecule has 0 aliphatic heterocycles. The monoisotopic (exact) mass is 313 g/mol. The predicted molar refractivity (Wildman–Crippen MR) is 70.5 cm³/mol. The Kier molecular flexibility index (Phi) is 4.49. The second kappa shape index (κ2) is 6.31. The van der Waals surface area contributed by atoms with Gasteiger partial charge in [-0.2, -0.15) is 5.10 Å². The summed E-state index contributed by atoms with van der Waals surface area (Å²) in [5.41, 5.74) is -0.159. The Hall–Kier alpha value is -2.48. The van der Waals surface area contributed by atoms with Gasteiger partial charge in [0.25, 0.3) is 0 Å². The fraction of sp³-hybridized carbons (Fsp3) is 0.167. The van der Waals surface area contributed by atoms with Crippen LogP contribution in [0, 0.1) is 15.9 Å². The number of hydrogen-bond donors (Lipinski definition) is 0. The molecule has 0 fully saturated rings. The number of nitrogens with zero attached hydrogens (tertiary/aromatic N) is 3. The highest BCUT2D eigenvalue weighted by Gasteiger charge is 2.11. The van der Waals surface area contributed by atoms with Crippen LogP contribution >= 0.6 is 11.6 Å². The van der Waals surface area contributed by atoms with Gasteiger partial charge in [-0.1, -0.05) is 11.6 Å². The van der Waals surface area contributed by atoms with Crippen molar-refractivity contribution < 1.29 is 18.8 Å². The van der Waals surface area contributed by atoms with Crippen LogP contribution in [0.1, 0.15) is 6.42 Å². The number of aromatic nitrogens is 2. The molecule has 110 valence electrons. The molecule has 0 N–H and O–H groups in total. The molecule has 0 aliphatic carbocycles. The zero-order chi connectivity index (χ0) is 15.4. The lowest BCUT2D eigenvalue weighted by Crippen LogP contribution is -2.12. The van der Waals surface area contributed by atoms with E-state index in [0.29, 0.717) is 0 Å². The quantitative estimate of drug-likeness (QED) is 0.366. The molecule has 1 aromatic carbocycles. The maximum atomic E-state index is 12.9. The van der Waals surface area contributed by atoms with Gasteiger partial charge in [0.1, 0.15) is 24.0 Å². The van der Waals surface area contributed by atoms with Crippen LogP contribution in [0.2, 0.25) is 5.02 Å². The molecule has 1 aromatic heterocycles. The summed E-state index contributed by atoms with van der Waals surface area (Å²) in [6, 6.07) is 3.55. The zero-order valence-electron chi connectivity index (χ0n) is 10.5. The second-order valence-electron chi connectivity index (χ2n) is 4.02. The average Bonchev–Trinajstić information content (AvgIpc) is 2.90. The SMILES string of the molecule is O=C(CCn1cc([N+](=O)[O-])cn1)Oc1ccc(F)c(Cl)c1. The Morgan fingerprint density at radius 2 is 2.29 bits per heavy atom. The normalized spacial score (nSPS) is 10.4. The fourth-order valence-corrected chi connectivity index (χ4v) is 1.67. The van der Waals surface area contributed by atoms with Crippen LogP contribution in [0.4, 0.5) is 10.1 Å². The van der Waals surface area contributed by atoms with Gasteiger partial charge >= 0.3 is 11.7 Å². The van der Waals surface area contributed by atoms with Crippen LogP contribution < -0.4 is 4.74 Å². The lowest BCUT2D eigenvalue weighted by molar-refractivity contribution is -0.385. The first kappa shape index (κ1) is 14.9. The van der Waals surface area contributed by atoms with Crippen molar-refractivity contribution in [2.75, 3.05) is 0 Å². The molecule has 0 unspecified atom stereocenters. The highest BCUT2D eigenvalue weighted by molar-refractivity contribution is 6.30. The summed E-state index contributed by atoms with van der Waals surface area (Å²) in [5, 5.41) is 14.1. The molecule has 1 heterocycles. The van der Waals surface area contributed by atoms with Crippen LogP contribution in [0.15, 0.2) is 30.6 Å². The molecule has 0 radical (unpaired) electrons. The van der Waals surface area contributed by atoms with E-state index in [9.17, 15) is 19.3 Å². The highest BCUT2D eigenvalue weighted by Crippen LogP contribution is 2.21. The minimum atomic E-state index is -0.611. The average molecular weight is 314 g/mol. The third kappa shape index (κ3) is 3.99. The standard InChI is InChI=1S/C12H9ClFN3O4/c13-10-5-9(1-2-11(10)14)21-12(18)3-4-16-7-8(6-15-16)17(19)20/h1-2,5-7H,3-4H2. The minimum Gasteiger partial charge on any atom is -0.426 e. The largest absolute Gasteiger partial charge is 0.426 e. The van der Waals surface area contributed by atoms with E-state index in [1.807, 2.05) is 0 Å². The number of benzene rings is 1. The third-order valence-electron chi connectivity index (χ3n) is 2.50. The number of hydrogen-bond acceptors (Lipinski definition) is 5. The number of carbonyl (C=O) groups excluding carboxylic acids is 1. The lowest BCUT2D eigenvalue weighted by atomic mass is 10.3. The second-order valence-corrected chi connectivity index (χ2v) is 4.43. The van der Waals surface area contributed by atoms with Crippen LogP contribution in [0.25, 0.3) is 0 Å². The van der Waals surface area contributed by atoms with E-state index in [4.69, 9.17) is 16.3 Å². The summed E-state index contributed by atoms with van der Waals surface area (Å²) in [6.07, 6.45) is 2.25. The van der Waals surface area contributed by atoms with Gasteiger partial charge in [-0.05, 0) is 12.1 Å². The molecular formula is C12H9ClFN3O4. The summed E-state index contributed by atoms with van der Waals surface area (Å²) in [6.45, 7) is 0.127. The van der Waals surface area contributed by atoms with Crippen molar-refractivity contribution in [1.82, 2.24) is 9.78 Å².